The van der Waals surface area contributed by atoms with Crippen LogP contribution in [0.4, 0.5) is 5.69 Å². The zero-order valence-corrected chi connectivity index (χ0v) is 18.6. The Morgan fingerprint density at radius 1 is 1.03 bits per heavy atom. The summed E-state index contributed by atoms with van der Waals surface area (Å²) in [6.45, 7) is 5.47. The SMILES string of the molecule is Cc1ccccc1N1CCN(C(=O)CC(c2ccsc2)c2c[nH]c3ccccc23)CC1. The number of H-pyrrole nitrogens is 1. The molecule has 1 aliphatic rings. The van der Waals surface area contributed by atoms with Gasteiger partial charge in [-0.05, 0) is 52.6 Å². The number of aryl methyl sites for hydroxylation is 1. The Morgan fingerprint density at radius 3 is 2.58 bits per heavy atom. The fourth-order valence-corrected chi connectivity index (χ4v) is 5.40. The van der Waals surface area contributed by atoms with Gasteiger partial charge in [-0.2, -0.15) is 11.3 Å². The summed E-state index contributed by atoms with van der Waals surface area (Å²) in [6, 6.07) is 19.0. The summed E-state index contributed by atoms with van der Waals surface area (Å²) in [6.07, 6.45) is 2.58. The molecule has 4 nitrogen and oxygen atoms in total. The number of rotatable bonds is 5. The average molecular weight is 430 g/mol. The van der Waals surface area contributed by atoms with Crippen molar-refractivity contribution in [1.29, 1.82) is 0 Å². The quantitative estimate of drug-likeness (QED) is 0.461. The van der Waals surface area contributed by atoms with Gasteiger partial charge in [0.2, 0.25) is 5.91 Å². The van der Waals surface area contributed by atoms with E-state index in [1.54, 1.807) is 11.3 Å². The number of carbonyl (C=O) groups is 1. The lowest BCUT2D eigenvalue weighted by Gasteiger charge is -2.37. The molecule has 2 aromatic carbocycles. The number of carbonyl (C=O) groups excluding carboxylic acids is 1. The van der Waals surface area contributed by atoms with E-state index in [9.17, 15) is 4.79 Å². The lowest BCUT2D eigenvalue weighted by Crippen LogP contribution is -2.49. The van der Waals surface area contributed by atoms with Crippen LogP contribution in [0.3, 0.4) is 0 Å². The smallest absolute Gasteiger partial charge is 0.223 e. The van der Waals surface area contributed by atoms with Crippen molar-refractivity contribution in [2.24, 2.45) is 0 Å². The summed E-state index contributed by atoms with van der Waals surface area (Å²) in [5.41, 5.74) is 6.13. The molecule has 4 aromatic rings. The molecule has 5 rings (SSSR count). The summed E-state index contributed by atoms with van der Waals surface area (Å²) < 4.78 is 0. The third-order valence-electron chi connectivity index (χ3n) is 6.41. The summed E-state index contributed by atoms with van der Waals surface area (Å²) in [5.74, 6) is 0.315. The number of nitrogens with zero attached hydrogens (tertiary/aromatic N) is 2. The molecule has 0 radical (unpaired) electrons. The first-order valence-electron chi connectivity index (χ1n) is 10.9. The van der Waals surface area contributed by atoms with Crippen LogP contribution in [-0.2, 0) is 4.79 Å². The minimum atomic E-state index is 0.0734. The molecule has 31 heavy (non-hydrogen) atoms. The standard InChI is InChI=1S/C26H27N3OS/c1-19-6-2-5-9-25(19)28-11-13-29(14-12-28)26(30)16-22(20-10-15-31-18-20)23-17-27-24-8-4-3-7-21(23)24/h2-10,15,17-18,22,27H,11-14,16H2,1H3. The molecule has 1 unspecified atom stereocenters. The summed E-state index contributed by atoms with van der Waals surface area (Å²) >= 11 is 1.69. The topological polar surface area (TPSA) is 39.3 Å². The van der Waals surface area contributed by atoms with Gasteiger partial charge in [0.1, 0.15) is 0 Å². The van der Waals surface area contributed by atoms with Crippen LogP contribution in [0.15, 0.2) is 71.6 Å². The highest BCUT2D eigenvalue weighted by Crippen LogP contribution is 2.35. The van der Waals surface area contributed by atoms with Gasteiger partial charge >= 0.3 is 0 Å². The highest BCUT2D eigenvalue weighted by Gasteiger charge is 2.27. The second kappa shape index (κ2) is 8.60. The summed E-state index contributed by atoms with van der Waals surface area (Å²) in [4.78, 5) is 21.2. The van der Waals surface area contributed by atoms with Gasteiger partial charge in [0.05, 0.1) is 0 Å². The Hall–Kier alpha value is -3.05. The third-order valence-corrected chi connectivity index (χ3v) is 7.11. The number of aromatic amines is 1. The van der Waals surface area contributed by atoms with E-state index >= 15 is 0 Å². The molecule has 1 aliphatic heterocycles. The van der Waals surface area contributed by atoms with Crippen molar-refractivity contribution < 1.29 is 4.79 Å². The number of benzene rings is 2. The van der Waals surface area contributed by atoms with Crippen LogP contribution in [0, 0.1) is 6.92 Å². The second-order valence-corrected chi connectivity index (χ2v) is 9.04. The van der Waals surface area contributed by atoms with Crippen molar-refractivity contribution in [2.45, 2.75) is 19.3 Å². The number of thiophene rings is 1. The number of nitrogens with one attached hydrogen (secondary N) is 1. The number of aromatic nitrogens is 1. The highest BCUT2D eigenvalue weighted by atomic mass is 32.1. The Balaban J connectivity index is 1.33. The lowest BCUT2D eigenvalue weighted by atomic mass is 9.89. The van der Waals surface area contributed by atoms with Crippen molar-refractivity contribution in [2.75, 3.05) is 31.1 Å². The molecule has 1 N–H and O–H groups in total. The molecule has 1 amide bonds. The van der Waals surface area contributed by atoms with E-state index in [4.69, 9.17) is 0 Å². The first-order chi connectivity index (χ1) is 15.2. The predicted molar refractivity (Wildman–Crippen MR) is 129 cm³/mol. The van der Waals surface area contributed by atoms with Crippen molar-refractivity contribution >= 4 is 33.8 Å². The maximum atomic E-state index is 13.3. The Kier molecular flexibility index (Phi) is 5.51. The van der Waals surface area contributed by atoms with Gasteiger partial charge in [0.15, 0.2) is 0 Å². The van der Waals surface area contributed by atoms with Gasteiger partial charge in [0, 0.05) is 61.3 Å². The van der Waals surface area contributed by atoms with Gasteiger partial charge in [-0.1, -0.05) is 36.4 Å². The predicted octanol–water partition coefficient (Wildman–Crippen LogP) is 5.41. The normalized spacial score (nSPS) is 15.4. The Labute approximate surface area is 187 Å². The van der Waals surface area contributed by atoms with Gasteiger partial charge in [0.25, 0.3) is 0 Å². The first-order valence-corrected chi connectivity index (χ1v) is 11.8. The second-order valence-electron chi connectivity index (χ2n) is 8.26. The maximum absolute atomic E-state index is 13.3. The van der Waals surface area contributed by atoms with E-state index in [0.717, 1.165) is 31.7 Å². The third kappa shape index (κ3) is 3.98. The van der Waals surface area contributed by atoms with Gasteiger partial charge in [-0.15, -0.1) is 0 Å². The van der Waals surface area contributed by atoms with E-state index < -0.39 is 0 Å². The van der Waals surface area contributed by atoms with Crippen LogP contribution in [0.5, 0.6) is 0 Å². The van der Waals surface area contributed by atoms with Gasteiger partial charge in [-0.3, -0.25) is 4.79 Å². The molecule has 2 aromatic heterocycles. The molecular weight excluding hydrogens is 402 g/mol. The molecule has 0 aliphatic carbocycles. The molecule has 0 saturated carbocycles. The molecule has 1 atom stereocenters. The van der Waals surface area contributed by atoms with Crippen LogP contribution in [0.2, 0.25) is 0 Å². The van der Waals surface area contributed by atoms with E-state index in [0.29, 0.717) is 6.42 Å². The minimum Gasteiger partial charge on any atom is -0.368 e. The van der Waals surface area contributed by atoms with Crippen molar-refractivity contribution in [1.82, 2.24) is 9.88 Å². The number of hydrogen-bond acceptors (Lipinski definition) is 3. The number of hydrogen-bond donors (Lipinski definition) is 1. The minimum absolute atomic E-state index is 0.0734. The zero-order chi connectivity index (χ0) is 21.2. The van der Waals surface area contributed by atoms with Crippen molar-refractivity contribution in [3.63, 3.8) is 0 Å². The van der Waals surface area contributed by atoms with Crippen LogP contribution in [-0.4, -0.2) is 42.0 Å². The van der Waals surface area contributed by atoms with E-state index in [1.165, 1.54) is 27.8 Å². The Bertz CT molecular complexity index is 1170. The fraction of sp³-hybridized carbons (Fsp3) is 0.269. The van der Waals surface area contributed by atoms with Gasteiger partial charge < -0.3 is 14.8 Å². The van der Waals surface area contributed by atoms with E-state index in [1.807, 2.05) is 11.0 Å². The lowest BCUT2D eigenvalue weighted by molar-refractivity contribution is -0.131. The molecule has 5 heteroatoms. The number of fused-ring (bicyclic) bond motifs is 1. The van der Waals surface area contributed by atoms with Crippen LogP contribution >= 0.6 is 11.3 Å². The fourth-order valence-electron chi connectivity index (χ4n) is 4.68. The summed E-state index contributed by atoms with van der Waals surface area (Å²) in [5, 5.41) is 5.48. The molecule has 1 fully saturated rings. The van der Waals surface area contributed by atoms with E-state index in [-0.39, 0.29) is 11.8 Å². The highest BCUT2D eigenvalue weighted by molar-refractivity contribution is 7.08. The zero-order valence-electron chi connectivity index (χ0n) is 17.8. The van der Waals surface area contributed by atoms with Gasteiger partial charge in [-0.25, -0.2) is 0 Å². The van der Waals surface area contributed by atoms with Crippen LogP contribution in [0.1, 0.15) is 29.0 Å². The number of para-hydroxylation sites is 2. The van der Waals surface area contributed by atoms with Crippen LogP contribution < -0.4 is 4.90 Å². The molecule has 0 spiro atoms. The first kappa shape index (κ1) is 19.9. The molecule has 0 bridgehead atoms. The van der Waals surface area contributed by atoms with Crippen LogP contribution in [0.25, 0.3) is 10.9 Å². The molecule has 3 heterocycles. The van der Waals surface area contributed by atoms with Crippen molar-refractivity contribution in [3.8, 4) is 0 Å². The Morgan fingerprint density at radius 2 is 1.81 bits per heavy atom. The van der Waals surface area contributed by atoms with Crippen molar-refractivity contribution in [3.05, 3.63) is 88.2 Å². The average Bonchev–Trinajstić information content (AvgIpc) is 3.48. The molecular formula is C26H27N3OS. The molecule has 1 saturated heterocycles. The summed E-state index contributed by atoms with van der Waals surface area (Å²) in [7, 11) is 0. The largest absolute Gasteiger partial charge is 0.368 e. The maximum Gasteiger partial charge on any atom is 0.223 e. The molecule has 158 valence electrons. The monoisotopic (exact) mass is 429 g/mol. The number of anilines is 1. The number of piperazine rings is 1. The van der Waals surface area contributed by atoms with E-state index in [2.05, 4.69) is 82.3 Å². The number of amides is 1.